The lowest BCUT2D eigenvalue weighted by molar-refractivity contribution is 0.0600. The van der Waals surface area contributed by atoms with E-state index in [1.165, 1.54) is 29.6 Å². The number of nitrogens with zero attached hydrogens (tertiary/aromatic N) is 2. The summed E-state index contributed by atoms with van der Waals surface area (Å²) in [5.74, 6) is -0.313. The molecule has 2 aromatic rings. The van der Waals surface area contributed by atoms with Crippen molar-refractivity contribution >= 4 is 23.0 Å². The van der Waals surface area contributed by atoms with Crippen LogP contribution in [0.25, 0.3) is 0 Å². The zero-order valence-electron chi connectivity index (χ0n) is 20.0. The van der Waals surface area contributed by atoms with E-state index in [9.17, 15) is 4.79 Å². The number of rotatable bonds is 4. The van der Waals surface area contributed by atoms with E-state index in [1.807, 2.05) is 24.3 Å². The van der Waals surface area contributed by atoms with Crippen LogP contribution in [-0.4, -0.2) is 31.7 Å². The maximum Gasteiger partial charge on any atom is 0.337 e. The van der Waals surface area contributed by atoms with Crippen LogP contribution in [0.3, 0.4) is 0 Å². The van der Waals surface area contributed by atoms with E-state index in [-0.39, 0.29) is 16.9 Å². The fourth-order valence-corrected chi connectivity index (χ4v) is 5.43. The largest absolute Gasteiger partial charge is 0.465 e. The predicted octanol–water partition coefficient (Wildman–Crippen LogP) is 6.22. The van der Waals surface area contributed by atoms with Gasteiger partial charge in [-0.15, -0.1) is 0 Å². The maximum absolute atomic E-state index is 11.7. The highest BCUT2D eigenvalue weighted by atomic mass is 16.5. The Morgan fingerprint density at radius 1 is 1.10 bits per heavy atom. The van der Waals surface area contributed by atoms with E-state index in [1.54, 1.807) is 0 Å². The van der Waals surface area contributed by atoms with Gasteiger partial charge < -0.3 is 14.5 Å². The van der Waals surface area contributed by atoms with E-state index >= 15 is 0 Å². The highest BCUT2D eigenvalue weighted by Crippen LogP contribution is 2.49. The Morgan fingerprint density at radius 2 is 1.70 bits per heavy atom. The number of anilines is 3. The van der Waals surface area contributed by atoms with Gasteiger partial charge in [0.15, 0.2) is 0 Å². The van der Waals surface area contributed by atoms with Gasteiger partial charge >= 0.3 is 5.97 Å². The van der Waals surface area contributed by atoms with Crippen molar-refractivity contribution in [2.45, 2.75) is 71.9 Å². The molecule has 162 valence electrons. The van der Waals surface area contributed by atoms with Gasteiger partial charge in [-0.1, -0.05) is 13.8 Å². The Hall–Kier alpha value is -2.49. The van der Waals surface area contributed by atoms with Gasteiger partial charge in [0.2, 0.25) is 0 Å². The van der Waals surface area contributed by atoms with Crippen LogP contribution in [0.15, 0.2) is 36.4 Å². The Balaban J connectivity index is 2.07. The first-order chi connectivity index (χ1) is 13.9. The lowest BCUT2D eigenvalue weighted by Crippen LogP contribution is -2.55. The average Bonchev–Trinajstić information content (AvgIpc) is 2.64. The van der Waals surface area contributed by atoms with Gasteiger partial charge in [-0.2, -0.15) is 0 Å². The molecule has 0 spiro atoms. The van der Waals surface area contributed by atoms with Gasteiger partial charge in [0.05, 0.1) is 12.7 Å². The van der Waals surface area contributed by atoms with Crippen LogP contribution in [-0.2, 0) is 10.2 Å². The monoisotopic (exact) mass is 408 g/mol. The van der Waals surface area contributed by atoms with E-state index in [0.717, 1.165) is 12.1 Å². The Morgan fingerprint density at radius 3 is 2.23 bits per heavy atom. The van der Waals surface area contributed by atoms with Gasteiger partial charge in [0.25, 0.3) is 0 Å². The highest BCUT2D eigenvalue weighted by Gasteiger charge is 2.43. The maximum atomic E-state index is 11.7. The third kappa shape index (κ3) is 3.80. The third-order valence-electron chi connectivity index (χ3n) is 6.38. The summed E-state index contributed by atoms with van der Waals surface area (Å²) in [4.78, 5) is 16.5. The van der Waals surface area contributed by atoms with Gasteiger partial charge in [-0.25, -0.2) is 4.79 Å². The summed E-state index contributed by atoms with van der Waals surface area (Å²) in [6.07, 6.45) is 1.10. The summed E-state index contributed by atoms with van der Waals surface area (Å²) in [6.45, 7) is 16.2. The second kappa shape index (κ2) is 7.64. The van der Waals surface area contributed by atoms with Crippen LogP contribution >= 0.6 is 0 Å². The van der Waals surface area contributed by atoms with E-state index in [0.29, 0.717) is 11.6 Å². The number of benzene rings is 2. The Labute approximate surface area is 181 Å². The molecule has 0 bridgehead atoms. The number of carbonyl (C=O) groups is 1. The molecular weight excluding hydrogens is 372 g/mol. The molecule has 0 saturated carbocycles. The molecule has 4 nitrogen and oxygen atoms in total. The first-order valence-corrected chi connectivity index (χ1v) is 10.8. The smallest absolute Gasteiger partial charge is 0.337 e. The molecule has 4 heteroatoms. The number of carbonyl (C=O) groups excluding carboxylic acids is 1. The first-order valence-electron chi connectivity index (χ1n) is 10.8. The van der Waals surface area contributed by atoms with Gasteiger partial charge in [0.1, 0.15) is 0 Å². The highest BCUT2D eigenvalue weighted by molar-refractivity contribution is 5.90. The number of aryl methyl sites for hydroxylation is 1. The number of fused-ring (bicyclic) bond motifs is 1. The number of hydrogen-bond donors (Lipinski definition) is 0. The normalized spacial score (nSPS) is 16.9. The van der Waals surface area contributed by atoms with Gasteiger partial charge in [-0.3, -0.25) is 0 Å². The lowest BCUT2D eigenvalue weighted by atomic mass is 9.69. The fraction of sp³-hybridized carbons (Fsp3) is 0.500. The second-order valence-electron chi connectivity index (χ2n) is 10.1. The van der Waals surface area contributed by atoms with Crippen molar-refractivity contribution in [3.8, 4) is 0 Å². The fourth-order valence-electron chi connectivity index (χ4n) is 5.43. The van der Waals surface area contributed by atoms with E-state index < -0.39 is 0 Å². The minimum absolute atomic E-state index is 0.0856. The molecule has 0 atom stereocenters. The molecule has 0 saturated heterocycles. The van der Waals surface area contributed by atoms with E-state index in [2.05, 4.69) is 77.4 Å². The summed E-state index contributed by atoms with van der Waals surface area (Å²) in [5, 5.41) is 0. The van der Waals surface area contributed by atoms with Crippen LogP contribution < -0.4 is 9.80 Å². The summed E-state index contributed by atoms with van der Waals surface area (Å²) in [6, 6.07) is 12.7. The molecular formula is C26H36N2O2. The van der Waals surface area contributed by atoms with Crippen LogP contribution in [0.1, 0.15) is 69.4 Å². The van der Waals surface area contributed by atoms with Gasteiger partial charge in [-0.05, 0) is 94.0 Å². The summed E-state index contributed by atoms with van der Waals surface area (Å²) < 4.78 is 4.81. The van der Waals surface area contributed by atoms with E-state index in [4.69, 9.17) is 4.74 Å². The quantitative estimate of drug-likeness (QED) is 0.562. The molecule has 30 heavy (non-hydrogen) atoms. The summed E-state index contributed by atoms with van der Waals surface area (Å²) >= 11 is 0. The van der Waals surface area contributed by atoms with Crippen molar-refractivity contribution in [3.05, 3.63) is 53.1 Å². The first kappa shape index (κ1) is 22.2. The average molecular weight is 409 g/mol. The summed E-state index contributed by atoms with van der Waals surface area (Å²) in [7, 11) is 3.49. The van der Waals surface area contributed by atoms with Crippen molar-refractivity contribution in [1.29, 1.82) is 0 Å². The Bertz CT molecular complexity index is 942. The molecule has 0 N–H and O–H groups in total. The Kier molecular flexibility index (Phi) is 5.66. The molecule has 3 rings (SSSR count). The minimum atomic E-state index is -0.313. The van der Waals surface area contributed by atoms with Crippen molar-refractivity contribution in [3.63, 3.8) is 0 Å². The molecule has 0 aliphatic carbocycles. The van der Waals surface area contributed by atoms with Crippen LogP contribution in [0.5, 0.6) is 0 Å². The zero-order chi connectivity index (χ0) is 22.4. The van der Waals surface area contributed by atoms with Crippen LogP contribution in [0.4, 0.5) is 17.1 Å². The molecule has 1 aliphatic heterocycles. The molecule has 2 aromatic carbocycles. The van der Waals surface area contributed by atoms with Crippen molar-refractivity contribution in [2.75, 3.05) is 24.0 Å². The van der Waals surface area contributed by atoms with Crippen LogP contribution in [0, 0.1) is 6.92 Å². The molecule has 0 fully saturated rings. The van der Waals surface area contributed by atoms with Crippen molar-refractivity contribution < 1.29 is 9.53 Å². The van der Waals surface area contributed by atoms with Crippen LogP contribution in [0.2, 0.25) is 0 Å². The lowest BCUT2D eigenvalue weighted by Gasteiger charge is -2.53. The molecule has 0 aromatic heterocycles. The number of methoxy groups -OCH3 is 1. The predicted molar refractivity (Wildman–Crippen MR) is 126 cm³/mol. The number of ether oxygens (including phenoxy) is 1. The standard InChI is InChI=1S/C26H36N2O2/c1-17(2)28-23-14-18(3)22(15-21(23)25(4,5)16-26(28,6)7)27(8)20-12-10-19(11-13-20)24(29)30-9/h10-15,17H,16H2,1-9H3. The number of esters is 1. The third-order valence-corrected chi connectivity index (χ3v) is 6.38. The molecule has 0 unspecified atom stereocenters. The molecule has 0 radical (unpaired) electrons. The topological polar surface area (TPSA) is 32.8 Å². The molecule has 0 amide bonds. The number of hydrogen-bond acceptors (Lipinski definition) is 4. The van der Waals surface area contributed by atoms with Crippen molar-refractivity contribution in [2.24, 2.45) is 0 Å². The SMILES string of the molecule is COC(=O)c1ccc(N(C)c2cc3c(cc2C)N(C(C)C)C(C)(C)CC3(C)C)cc1. The molecule has 1 aliphatic rings. The van der Waals surface area contributed by atoms with Crippen molar-refractivity contribution in [1.82, 2.24) is 0 Å². The molecule has 1 heterocycles. The second-order valence-corrected chi connectivity index (χ2v) is 10.1. The van der Waals surface area contributed by atoms with Gasteiger partial charge in [0, 0.05) is 35.7 Å². The summed E-state index contributed by atoms with van der Waals surface area (Å²) in [5.41, 5.74) is 6.98. The zero-order valence-corrected chi connectivity index (χ0v) is 20.0. The minimum Gasteiger partial charge on any atom is -0.465 e.